The van der Waals surface area contributed by atoms with Crippen LogP contribution in [0, 0.1) is 11.6 Å². The fourth-order valence-electron chi connectivity index (χ4n) is 1.79. The van der Waals surface area contributed by atoms with Gasteiger partial charge < -0.3 is 9.47 Å². The molecule has 2 aromatic rings. The molecule has 0 aliphatic rings. The summed E-state index contributed by atoms with van der Waals surface area (Å²) in [6, 6.07) is 4.00. The van der Waals surface area contributed by atoms with E-state index in [1.807, 2.05) is 0 Å². The van der Waals surface area contributed by atoms with Gasteiger partial charge in [-0.25, -0.2) is 8.78 Å². The molecular formula is C14H8F5N3O2. The number of alkyl halides is 3. The molecule has 2 aromatic carbocycles. The highest BCUT2D eigenvalue weighted by molar-refractivity contribution is 5.53. The highest BCUT2D eigenvalue weighted by atomic mass is 19.4. The van der Waals surface area contributed by atoms with Gasteiger partial charge >= 0.3 is 6.18 Å². The van der Waals surface area contributed by atoms with Crippen molar-refractivity contribution in [2.75, 3.05) is 7.11 Å². The third kappa shape index (κ3) is 3.66. The van der Waals surface area contributed by atoms with Crippen molar-refractivity contribution >= 4 is 5.69 Å². The molecule has 0 aromatic heterocycles. The summed E-state index contributed by atoms with van der Waals surface area (Å²) in [6.07, 6.45) is -4.90. The molecule has 5 nitrogen and oxygen atoms in total. The summed E-state index contributed by atoms with van der Waals surface area (Å²) in [5.74, 6) is -4.33. The van der Waals surface area contributed by atoms with Crippen LogP contribution in [-0.2, 0) is 6.18 Å². The first-order valence-corrected chi connectivity index (χ1v) is 6.23. The van der Waals surface area contributed by atoms with E-state index in [1.165, 1.54) is 19.2 Å². The molecule has 0 bridgehead atoms. The third-order valence-corrected chi connectivity index (χ3v) is 2.85. The van der Waals surface area contributed by atoms with E-state index in [0.717, 1.165) is 6.07 Å². The smallest absolute Gasteiger partial charge is 0.416 e. The highest BCUT2D eigenvalue weighted by Crippen LogP contribution is 2.39. The number of ether oxygens (including phenoxy) is 2. The van der Waals surface area contributed by atoms with E-state index in [4.69, 9.17) is 15.0 Å². The largest absolute Gasteiger partial charge is 0.493 e. The second-order valence-electron chi connectivity index (χ2n) is 4.39. The summed E-state index contributed by atoms with van der Waals surface area (Å²) in [7, 11) is 1.24. The van der Waals surface area contributed by atoms with Crippen molar-refractivity contribution in [3.63, 3.8) is 0 Å². The van der Waals surface area contributed by atoms with Gasteiger partial charge in [-0.3, -0.25) is 0 Å². The number of hydrogen-bond acceptors (Lipinski definition) is 3. The second kappa shape index (κ2) is 6.63. The molecule has 0 heterocycles. The van der Waals surface area contributed by atoms with Gasteiger partial charge in [0.15, 0.2) is 28.9 Å². The van der Waals surface area contributed by atoms with Gasteiger partial charge in [0.25, 0.3) is 0 Å². The van der Waals surface area contributed by atoms with Crippen molar-refractivity contribution < 1.29 is 31.4 Å². The van der Waals surface area contributed by atoms with Crippen molar-refractivity contribution in [2.24, 2.45) is 5.11 Å². The molecule has 126 valence electrons. The quantitative estimate of drug-likeness (QED) is 0.307. The van der Waals surface area contributed by atoms with E-state index in [2.05, 4.69) is 10.0 Å². The Morgan fingerprint density at radius 3 is 2.17 bits per heavy atom. The Bertz CT molecular complexity index is 794. The first-order chi connectivity index (χ1) is 11.3. The predicted octanol–water partition coefficient (Wildman–Crippen LogP) is 5.73. The van der Waals surface area contributed by atoms with Gasteiger partial charge in [0.1, 0.15) is 0 Å². The first-order valence-electron chi connectivity index (χ1n) is 6.23. The number of azide groups is 1. The number of hydrogen-bond donors (Lipinski definition) is 0. The molecule has 0 radical (unpaired) electrons. The van der Waals surface area contributed by atoms with Crippen molar-refractivity contribution in [3.05, 3.63) is 58.0 Å². The Balaban J connectivity index is 2.48. The van der Waals surface area contributed by atoms with E-state index < -0.39 is 29.1 Å². The maximum Gasteiger partial charge on any atom is 0.416 e. The lowest BCUT2D eigenvalue weighted by Crippen LogP contribution is -2.07. The Labute approximate surface area is 131 Å². The first kappa shape index (κ1) is 17.4. The number of methoxy groups -OCH3 is 1. The molecule has 0 atom stereocenters. The zero-order valence-corrected chi connectivity index (χ0v) is 11.9. The van der Waals surface area contributed by atoms with Crippen LogP contribution in [0.4, 0.5) is 27.6 Å². The van der Waals surface area contributed by atoms with E-state index in [0.29, 0.717) is 0 Å². The lowest BCUT2D eigenvalue weighted by molar-refractivity contribution is -0.138. The van der Waals surface area contributed by atoms with Crippen molar-refractivity contribution in [1.82, 2.24) is 0 Å². The molecular weight excluding hydrogens is 337 g/mol. The summed E-state index contributed by atoms with van der Waals surface area (Å²) in [5, 5.41) is 3.28. The highest BCUT2D eigenvalue weighted by Gasteiger charge is 2.33. The minimum absolute atomic E-state index is 0.0330. The van der Waals surface area contributed by atoms with Crippen LogP contribution in [-0.4, -0.2) is 7.11 Å². The standard InChI is InChI=1S/C14H8F5N3O2/c1-23-11-3-2-8(21-22-20)6-12(11)24-13-9(15)4-7(5-10(13)16)14(17,18)19/h2-6H,1H3. The molecule has 0 aliphatic heterocycles. The molecule has 10 heteroatoms. The zero-order valence-electron chi connectivity index (χ0n) is 11.9. The minimum Gasteiger partial charge on any atom is -0.493 e. The summed E-state index contributed by atoms with van der Waals surface area (Å²) in [4.78, 5) is 2.54. The van der Waals surface area contributed by atoms with Crippen molar-refractivity contribution in [2.45, 2.75) is 6.18 Å². The molecule has 2 rings (SSSR count). The molecule has 0 saturated heterocycles. The molecule has 0 saturated carbocycles. The van der Waals surface area contributed by atoms with Crippen LogP contribution in [0.15, 0.2) is 35.4 Å². The van der Waals surface area contributed by atoms with Crippen LogP contribution in [0.1, 0.15) is 5.56 Å². The van der Waals surface area contributed by atoms with Gasteiger partial charge in [-0.05, 0) is 35.9 Å². The topological polar surface area (TPSA) is 67.2 Å². The van der Waals surface area contributed by atoms with Gasteiger partial charge in [0.05, 0.1) is 12.7 Å². The van der Waals surface area contributed by atoms with Crippen LogP contribution in [0.3, 0.4) is 0 Å². The average Bonchev–Trinajstić information content (AvgIpc) is 2.50. The summed E-state index contributed by atoms with van der Waals surface area (Å²) >= 11 is 0. The van der Waals surface area contributed by atoms with Gasteiger partial charge in [-0.2, -0.15) is 13.2 Å². The fourth-order valence-corrected chi connectivity index (χ4v) is 1.79. The van der Waals surface area contributed by atoms with Crippen LogP contribution >= 0.6 is 0 Å². The molecule has 0 aliphatic carbocycles. The lowest BCUT2D eigenvalue weighted by Gasteiger charge is -2.14. The van der Waals surface area contributed by atoms with E-state index in [-0.39, 0.29) is 29.3 Å². The molecule has 0 fully saturated rings. The maximum absolute atomic E-state index is 13.8. The normalized spacial score (nSPS) is 10.9. The monoisotopic (exact) mass is 345 g/mol. The van der Waals surface area contributed by atoms with Crippen LogP contribution in [0.25, 0.3) is 10.4 Å². The number of benzene rings is 2. The Morgan fingerprint density at radius 2 is 1.67 bits per heavy atom. The van der Waals surface area contributed by atoms with Gasteiger partial charge in [-0.15, -0.1) is 0 Å². The lowest BCUT2D eigenvalue weighted by atomic mass is 10.2. The minimum atomic E-state index is -4.90. The predicted molar refractivity (Wildman–Crippen MR) is 73.2 cm³/mol. The Hall–Kier alpha value is -3.00. The molecule has 0 unspecified atom stereocenters. The second-order valence-corrected chi connectivity index (χ2v) is 4.39. The zero-order chi connectivity index (χ0) is 17.9. The number of nitrogens with zero attached hydrogens (tertiary/aromatic N) is 3. The molecule has 0 spiro atoms. The van der Waals surface area contributed by atoms with E-state index in [1.54, 1.807) is 0 Å². The van der Waals surface area contributed by atoms with E-state index >= 15 is 0 Å². The summed E-state index contributed by atoms with van der Waals surface area (Å²) < 4.78 is 75.1. The number of rotatable bonds is 4. The Kier molecular flexibility index (Phi) is 4.79. The molecule has 24 heavy (non-hydrogen) atoms. The van der Waals surface area contributed by atoms with Crippen LogP contribution in [0.5, 0.6) is 17.2 Å². The van der Waals surface area contributed by atoms with Crippen molar-refractivity contribution in [3.8, 4) is 17.2 Å². The van der Waals surface area contributed by atoms with Crippen molar-refractivity contribution in [1.29, 1.82) is 0 Å². The SMILES string of the molecule is COc1ccc(N=[N+]=[N-])cc1Oc1c(F)cc(C(F)(F)F)cc1F. The molecule has 0 N–H and O–H groups in total. The van der Waals surface area contributed by atoms with Crippen LogP contribution < -0.4 is 9.47 Å². The van der Waals surface area contributed by atoms with E-state index in [9.17, 15) is 22.0 Å². The Morgan fingerprint density at radius 1 is 1.04 bits per heavy atom. The average molecular weight is 345 g/mol. The summed E-state index contributed by atoms with van der Waals surface area (Å²) in [6.45, 7) is 0. The van der Waals surface area contributed by atoms with Gasteiger partial charge in [0, 0.05) is 10.6 Å². The van der Waals surface area contributed by atoms with Gasteiger partial charge in [-0.1, -0.05) is 5.11 Å². The molecule has 0 amide bonds. The van der Waals surface area contributed by atoms with Gasteiger partial charge in [0.2, 0.25) is 0 Å². The third-order valence-electron chi connectivity index (χ3n) is 2.85. The maximum atomic E-state index is 13.8. The fraction of sp³-hybridized carbons (Fsp3) is 0.143. The summed E-state index contributed by atoms with van der Waals surface area (Å²) in [5.41, 5.74) is 6.95. The number of halogens is 5. The van der Waals surface area contributed by atoms with Crippen LogP contribution in [0.2, 0.25) is 0 Å².